The summed E-state index contributed by atoms with van der Waals surface area (Å²) in [5, 5.41) is 13.7. The third kappa shape index (κ3) is 3.49. The first-order valence-corrected chi connectivity index (χ1v) is 6.84. The molecule has 1 aliphatic rings. The number of ether oxygens (including phenoxy) is 1. The van der Waals surface area contributed by atoms with Gasteiger partial charge in [-0.25, -0.2) is 4.79 Å². The number of nitro groups is 1. The van der Waals surface area contributed by atoms with Gasteiger partial charge in [0.15, 0.2) is 0 Å². The first kappa shape index (κ1) is 15.2. The number of anilines is 1. The molecule has 1 N–H and O–H groups in total. The molecule has 0 saturated carbocycles. The molecule has 0 aliphatic carbocycles. The molecule has 1 heterocycles. The predicted octanol–water partition coefficient (Wildman–Crippen LogP) is 2.54. The summed E-state index contributed by atoms with van der Waals surface area (Å²) in [6.45, 7) is 6.45. The van der Waals surface area contributed by atoms with Gasteiger partial charge in [0.1, 0.15) is 0 Å². The average Bonchev–Trinajstić information content (AvgIpc) is 2.39. The Balaban J connectivity index is 2.13. The van der Waals surface area contributed by atoms with Gasteiger partial charge >= 0.3 is 6.03 Å². The highest BCUT2D eigenvalue weighted by Crippen LogP contribution is 2.25. The largest absolute Gasteiger partial charge is 0.372 e. The van der Waals surface area contributed by atoms with Crippen LogP contribution in [0.15, 0.2) is 18.2 Å². The second-order valence-electron chi connectivity index (χ2n) is 5.30. The molecule has 1 saturated heterocycles. The van der Waals surface area contributed by atoms with Crippen molar-refractivity contribution in [2.24, 2.45) is 0 Å². The SMILES string of the molecule is Cc1c(NC(=O)N2CC(C)OC(C)C2)cccc1[N+](=O)[O-]. The normalized spacial score (nSPS) is 22.0. The molecule has 7 nitrogen and oxygen atoms in total. The highest BCUT2D eigenvalue weighted by molar-refractivity contribution is 5.90. The van der Waals surface area contributed by atoms with Crippen molar-refractivity contribution in [1.82, 2.24) is 4.90 Å². The van der Waals surface area contributed by atoms with Crippen LogP contribution in [0, 0.1) is 17.0 Å². The van der Waals surface area contributed by atoms with Crippen LogP contribution in [0.1, 0.15) is 19.4 Å². The zero-order valence-corrected chi connectivity index (χ0v) is 12.3. The number of carbonyl (C=O) groups excluding carboxylic acids is 1. The Labute approximate surface area is 123 Å². The van der Waals surface area contributed by atoms with E-state index < -0.39 is 4.92 Å². The number of rotatable bonds is 2. The van der Waals surface area contributed by atoms with Gasteiger partial charge in [-0.15, -0.1) is 0 Å². The van der Waals surface area contributed by atoms with E-state index in [-0.39, 0.29) is 23.9 Å². The molecule has 2 unspecified atom stereocenters. The lowest BCUT2D eigenvalue weighted by molar-refractivity contribution is -0.385. The number of nitrogens with one attached hydrogen (secondary N) is 1. The molecule has 21 heavy (non-hydrogen) atoms. The summed E-state index contributed by atoms with van der Waals surface area (Å²) in [7, 11) is 0. The number of nitrogens with zero attached hydrogens (tertiary/aromatic N) is 2. The summed E-state index contributed by atoms with van der Waals surface area (Å²) in [6, 6.07) is 4.38. The minimum atomic E-state index is -0.454. The maximum atomic E-state index is 12.3. The number of urea groups is 1. The standard InChI is InChI=1S/C14H19N3O4/c1-9-7-16(8-10(2)21-9)14(18)15-12-5-4-6-13(11(12)3)17(19)20/h4-6,9-10H,7-8H2,1-3H3,(H,15,18). The lowest BCUT2D eigenvalue weighted by atomic mass is 10.1. The van der Waals surface area contributed by atoms with E-state index in [2.05, 4.69) is 5.32 Å². The Bertz CT molecular complexity index is 551. The Morgan fingerprint density at radius 3 is 2.57 bits per heavy atom. The molecule has 2 atom stereocenters. The van der Waals surface area contributed by atoms with Gasteiger partial charge in [0, 0.05) is 19.2 Å². The van der Waals surface area contributed by atoms with Gasteiger partial charge in [0.25, 0.3) is 5.69 Å². The van der Waals surface area contributed by atoms with Crippen LogP contribution in [-0.4, -0.2) is 41.2 Å². The molecule has 114 valence electrons. The van der Waals surface area contributed by atoms with Gasteiger partial charge in [0.05, 0.1) is 28.4 Å². The van der Waals surface area contributed by atoms with E-state index in [1.807, 2.05) is 13.8 Å². The van der Waals surface area contributed by atoms with Crippen LogP contribution < -0.4 is 5.32 Å². The van der Waals surface area contributed by atoms with Crippen molar-refractivity contribution in [2.45, 2.75) is 33.0 Å². The Hall–Kier alpha value is -2.15. The van der Waals surface area contributed by atoms with Crippen LogP contribution >= 0.6 is 0 Å². The lowest BCUT2D eigenvalue weighted by Crippen LogP contribution is -2.49. The molecule has 1 aromatic rings. The van der Waals surface area contributed by atoms with E-state index in [9.17, 15) is 14.9 Å². The fourth-order valence-electron chi connectivity index (χ4n) is 2.49. The van der Waals surface area contributed by atoms with Crippen molar-refractivity contribution in [3.05, 3.63) is 33.9 Å². The molecule has 1 aromatic carbocycles. The molecule has 0 aromatic heterocycles. The van der Waals surface area contributed by atoms with Crippen molar-refractivity contribution in [2.75, 3.05) is 18.4 Å². The summed E-state index contributed by atoms with van der Waals surface area (Å²) in [5.41, 5.74) is 0.905. The number of morpholine rings is 1. The zero-order valence-electron chi connectivity index (χ0n) is 12.3. The number of hydrogen-bond acceptors (Lipinski definition) is 4. The molecule has 1 fully saturated rings. The summed E-state index contributed by atoms with van der Waals surface area (Å²) in [6.07, 6.45) is -0.0450. The van der Waals surface area contributed by atoms with E-state index in [1.165, 1.54) is 6.07 Å². The van der Waals surface area contributed by atoms with Crippen molar-refractivity contribution in [3.8, 4) is 0 Å². The molecule has 2 rings (SSSR count). The third-order valence-electron chi connectivity index (χ3n) is 3.45. The Kier molecular flexibility index (Phi) is 4.42. The molecule has 0 spiro atoms. The Morgan fingerprint density at radius 1 is 1.38 bits per heavy atom. The second kappa shape index (κ2) is 6.09. The number of nitro benzene ring substituents is 1. The fourth-order valence-corrected chi connectivity index (χ4v) is 2.49. The minimum Gasteiger partial charge on any atom is -0.372 e. The van der Waals surface area contributed by atoms with Crippen LogP contribution in [0.5, 0.6) is 0 Å². The van der Waals surface area contributed by atoms with Crippen LogP contribution in [0.4, 0.5) is 16.2 Å². The van der Waals surface area contributed by atoms with Crippen molar-refractivity contribution in [1.29, 1.82) is 0 Å². The van der Waals surface area contributed by atoms with Gasteiger partial charge in [-0.2, -0.15) is 0 Å². The quantitative estimate of drug-likeness (QED) is 0.670. The van der Waals surface area contributed by atoms with E-state index in [0.29, 0.717) is 24.3 Å². The van der Waals surface area contributed by atoms with Gasteiger partial charge in [-0.3, -0.25) is 10.1 Å². The van der Waals surface area contributed by atoms with Gasteiger partial charge in [-0.1, -0.05) is 6.07 Å². The van der Waals surface area contributed by atoms with Crippen LogP contribution in [0.3, 0.4) is 0 Å². The lowest BCUT2D eigenvalue weighted by Gasteiger charge is -2.35. The van der Waals surface area contributed by atoms with Crippen LogP contribution in [0.25, 0.3) is 0 Å². The molecule has 1 aliphatic heterocycles. The van der Waals surface area contributed by atoms with Gasteiger partial charge < -0.3 is 15.0 Å². The first-order valence-electron chi connectivity index (χ1n) is 6.84. The van der Waals surface area contributed by atoms with Crippen molar-refractivity contribution in [3.63, 3.8) is 0 Å². The number of amides is 2. The van der Waals surface area contributed by atoms with Crippen molar-refractivity contribution < 1.29 is 14.5 Å². The molecule has 0 radical (unpaired) electrons. The molecule has 0 bridgehead atoms. The third-order valence-corrected chi connectivity index (χ3v) is 3.45. The van der Waals surface area contributed by atoms with Crippen LogP contribution in [-0.2, 0) is 4.74 Å². The number of carbonyl (C=O) groups is 1. The second-order valence-corrected chi connectivity index (χ2v) is 5.30. The van der Waals surface area contributed by atoms with E-state index >= 15 is 0 Å². The summed E-state index contributed by atoms with van der Waals surface area (Å²) >= 11 is 0. The molecule has 7 heteroatoms. The van der Waals surface area contributed by atoms with Gasteiger partial charge in [0.2, 0.25) is 0 Å². The highest BCUT2D eigenvalue weighted by Gasteiger charge is 2.26. The highest BCUT2D eigenvalue weighted by atomic mass is 16.6. The number of benzene rings is 1. The summed E-state index contributed by atoms with van der Waals surface area (Å²) in [4.78, 5) is 24.4. The molecular weight excluding hydrogens is 274 g/mol. The smallest absolute Gasteiger partial charge is 0.322 e. The Morgan fingerprint density at radius 2 is 2.00 bits per heavy atom. The van der Waals surface area contributed by atoms with Crippen LogP contribution in [0.2, 0.25) is 0 Å². The summed E-state index contributed by atoms with van der Waals surface area (Å²) < 4.78 is 5.58. The van der Waals surface area contributed by atoms with E-state index in [0.717, 1.165) is 0 Å². The first-order chi connectivity index (χ1) is 9.88. The fraction of sp³-hybridized carbons (Fsp3) is 0.500. The van der Waals surface area contributed by atoms with Gasteiger partial charge in [-0.05, 0) is 26.8 Å². The average molecular weight is 293 g/mol. The van der Waals surface area contributed by atoms with E-state index in [1.54, 1.807) is 24.0 Å². The molecule has 2 amide bonds. The maximum absolute atomic E-state index is 12.3. The zero-order chi connectivity index (χ0) is 15.6. The predicted molar refractivity (Wildman–Crippen MR) is 78.4 cm³/mol. The van der Waals surface area contributed by atoms with Crippen molar-refractivity contribution >= 4 is 17.4 Å². The minimum absolute atomic E-state index is 0.00323. The maximum Gasteiger partial charge on any atom is 0.322 e. The van der Waals surface area contributed by atoms with E-state index in [4.69, 9.17) is 4.74 Å². The summed E-state index contributed by atoms with van der Waals surface area (Å²) in [5.74, 6) is 0. The molecular formula is C14H19N3O4. The topological polar surface area (TPSA) is 84.7 Å². The monoisotopic (exact) mass is 293 g/mol. The number of hydrogen-bond donors (Lipinski definition) is 1.